The van der Waals surface area contributed by atoms with Crippen LogP contribution in [0, 0.1) is 12.7 Å². The molecule has 4 nitrogen and oxygen atoms in total. The fourth-order valence-electron chi connectivity index (χ4n) is 2.58. The van der Waals surface area contributed by atoms with Crippen LogP contribution in [0.3, 0.4) is 0 Å². The summed E-state index contributed by atoms with van der Waals surface area (Å²) in [6.07, 6.45) is 3.23. The number of rotatable bonds is 2. The van der Waals surface area contributed by atoms with Crippen molar-refractivity contribution >= 4 is 5.91 Å². The molecule has 0 saturated carbocycles. The SMILES string of the molecule is Cc1coc([C@H]2CCCN2C(=O)c2ccccc2F)n1. The number of hydrogen-bond acceptors (Lipinski definition) is 3. The zero-order chi connectivity index (χ0) is 14.1. The molecule has 1 aromatic carbocycles. The lowest BCUT2D eigenvalue weighted by molar-refractivity contribution is 0.0711. The number of hydrogen-bond donors (Lipinski definition) is 0. The van der Waals surface area contributed by atoms with Crippen molar-refractivity contribution in [2.75, 3.05) is 6.54 Å². The van der Waals surface area contributed by atoms with Crippen molar-refractivity contribution in [3.8, 4) is 0 Å². The molecule has 0 aliphatic carbocycles. The van der Waals surface area contributed by atoms with Gasteiger partial charge in [-0.2, -0.15) is 0 Å². The van der Waals surface area contributed by atoms with E-state index in [1.807, 2.05) is 6.92 Å². The molecule has 0 unspecified atom stereocenters. The molecule has 1 aromatic heterocycles. The van der Waals surface area contributed by atoms with Gasteiger partial charge in [0.05, 0.1) is 11.3 Å². The Hall–Kier alpha value is -2.17. The van der Waals surface area contributed by atoms with Gasteiger partial charge in [0, 0.05) is 6.54 Å². The molecule has 2 aromatic rings. The van der Waals surface area contributed by atoms with Crippen LogP contribution in [0.25, 0.3) is 0 Å². The highest BCUT2D eigenvalue weighted by atomic mass is 19.1. The Morgan fingerprint density at radius 1 is 1.45 bits per heavy atom. The van der Waals surface area contributed by atoms with E-state index in [9.17, 15) is 9.18 Å². The summed E-state index contributed by atoms with van der Waals surface area (Å²) >= 11 is 0. The number of likely N-dealkylation sites (tertiary alicyclic amines) is 1. The van der Waals surface area contributed by atoms with Gasteiger partial charge in [-0.15, -0.1) is 0 Å². The van der Waals surface area contributed by atoms with Crippen molar-refractivity contribution in [2.24, 2.45) is 0 Å². The van der Waals surface area contributed by atoms with Crippen molar-refractivity contribution in [3.05, 3.63) is 53.5 Å². The maximum atomic E-state index is 13.7. The fraction of sp³-hybridized carbons (Fsp3) is 0.333. The first-order chi connectivity index (χ1) is 9.66. The molecule has 104 valence electrons. The van der Waals surface area contributed by atoms with Crippen LogP contribution in [0.2, 0.25) is 0 Å². The highest BCUT2D eigenvalue weighted by molar-refractivity contribution is 5.94. The maximum absolute atomic E-state index is 13.7. The minimum absolute atomic E-state index is 0.0997. The summed E-state index contributed by atoms with van der Waals surface area (Å²) in [5.41, 5.74) is 0.882. The molecule has 1 fully saturated rings. The van der Waals surface area contributed by atoms with Crippen LogP contribution in [-0.2, 0) is 0 Å². The molecular formula is C15H15FN2O2. The summed E-state index contributed by atoms with van der Waals surface area (Å²) in [5, 5.41) is 0. The van der Waals surface area contributed by atoms with E-state index in [4.69, 9.17) is 4.42 Å². The molecule has 20 heavy (non-hydrogen) atoms. The lowest BCUT2D eigenvalue weighted by atomic mass is 10.1. The van der Waals surface area contributed by atoms with E-state index >= 15 is 0 Å². The Bertz CT molecular complexity index is 638. The minimum atomic E-state index is -0.494. The second-order valence-electron chi connectivity index (χ2n) is 4.96. The zero-order valence-electron chi connectivity index (χ0n) is 11.2. The van der Waals surface area contributed by atoms with E-state index in [0.29, 0.717) is 12.4 Å². The van der Waals surface area contributed by atoms with E-state index in [2.05, 4.69) is 4.98 Å². The molecule has 1 saturated heterocycles. The Kier molecular flexibility index (Phi) is 3.26. The lowest BCUT2D eigenvalue weighted by Crippen LogP contribution is -2.31. The quantitative estimate of drug-likeness (QED) is 0.845. The van der Waals surface area contributed by atoms with E-state index in [1.165, 1.54) is 12.1 Å². The normalized spacial score (nSPS) is 18.5. The van der Waals surface area contributed by atoms with Crippen LogP contribution in [0.15, 0.2) is 34.9 Å². The van der Waals surface area contributed by atoms with Gasteiger partial charge in [-0.1, -0.05) is 12.1 Å². The van der Waals surface area contributed by atoms with Gasteiger partial charge in [-0.25, -0.2) is 9.37 Å². The average Bonchev–Trinajstić information content (AvgIpc) is 3.06. The van der Waals surface area contributed by atoms with Gasteiger partial charge in [0.2, 0.25) is 5.89 Å². The van der Waals surface area contributed by atoms with Gasteiger partial charge in [0.15, 0.2) is 0 Å². The number of halogens is 1. The summed E-state index contributed by atoms with van der Waals surface area (Å²) in [5.74, 6) is -0.266. The Labute approximate surface area is 116 Å². The molecule has 1 aliphatic heterocycles. The third-order valence-electron chi connectivity index (χ3n) is 3.54. The number of oxazole rings is 1. The smallest absolute Gasteiger partial charge is 0.257 e. The minimum Gasteiger partial charge on any atom is -0.446 e. The van der Waals surface area contributed by atoms with Crippen LogP contribution < -0.4 is 0 Å². The van der Waals surface area contributed by atoms with Gasteiger partial charge in [0.1, 0.15) is 18.1 Å². The van der Waals surface area contributed by atoms with Gasteiger partial charge in [-0.3, -0.25) is 4.79 Å². The van der Waals surface area contributed by atoms with Crippen LogP contribution in [0.5, 0.6) is 0 Å². The summed E-state index contributed by atoms with van der Waals surface area (Å²) < 4.78 is 19.1. The van der Waals surface area contributed by atoms with Crippen LogP contribution >= 0.6 is 0 Å². The Balaban J connectivity index is 1.89. The van der Waals surface area contributed by atoms with E-state index in [-0.39, 0.29) is 17.5 Å². The molecule has 0 N–H and O–H groups in total. The maximum Gasteiger partial charge on any atom is 0.257 e. The molecule has 1 atom stereocenters. The second-order valence-corrected chi connectivity index (χ2v) is 4.96. The highest BCUT2D eigenvalue weighted by Crippen LogP contribution is 2.32. The van der Waals surface area contributed by atoms with Crippen molar-refractivity contribution in [1.82, 2.24) is 9.88 Å². The molecular weight excluding hydrogens is 259 g/mol. The molecule has 5 heteroatoms. The number of carbonyl (C=O) groups is 1. The van der Waals surface area contributed by atoms with Gasteiger partial charge >= 0.3 is 0 Å². The number of benzene rings is 1. The number of carbonyl (C=O) groups excluding carboxylic acids is 1. The number of nitrogens with zero attached hydrogens (tertiary/aromatic N) is 2. The molecule has 1 aliphatic rings. The standard InChI is InChI=1S/C15H15FN2O2/c1-10-9-20-14(17-10)13-7-4-8-18(13)15(19)11-5-2-3-6-12(11)16/h2-3,5-6,9,13H,4,7-8H2,1H3/t13-/m1/s1. The van der Waals surface area contributed by atoms with Crippen molar-refractivity contribution in [2.45, 2.75) is 25.8 Å². The van der Waals surface area contributed by atoms with Gasteiger partial charge in [-0.05, 0) is 31.9 Å². The Morgan fingerprint density at radius 3 is 2.95 bits per heavy atom. The number of amides is 1. The van der Waals surface area contributed by atoms with Gasteiger partial charge in [0.25, 0.3) is 5.91 Å². The molecule has 1 amide bonds. The first-order valence-electron chi connectivity index (χ1n) is 6.64. The molecule has 3 rings (SSSR count). The van der Waals surface area contributed by atoms with Crippen LogP contribution in [0.4, 0.5) is 4.39 Å². The summed E-state index contributed by atoms with van der Waals surface area (Å²) in [6, 6.07) is 5.85. The van der Waals surface area contributed by atoms with E-state index in [1.54, 1.807) is 23.3 Å². The molecule has 0 radical (unpaired) electrons. The van der Waals surface area contributed by atoms with Gasteiger partial charge < -0.3 is 9.32 Å². The number of aromatic nitrogens is 1. The Morgan fingerprint density at radius 2 is 2.25 bits per heavy atom. The monoisotopic (exact) mass is 274 g/mol. The fourth-order valence-corrected chi connectivity index (χ4v) is 2.58. The van der Waals surface area contributed by atoms with Crippen molar-refractivity contribution in [1.29, 1.82) is 0 Å². The van der Waals surface area contributed by atoms with E-state index < -0.39 is 5.82 Å². The van der Waals surface area contributed by atoms with Crippen molar-refractivity contribution < 1.29 is 13.6 Å². The molecule has 0 bridgehead atoms. The first-order valence-corrected chi connectivity index (χ1v) is 6.64. The summed E-state index contributed by atoms with van der Waals surface area (Å²) in [7, 11) is 0. The third-order valence-corrected chi connectivity index (χ3v) is 3.54. The predicted octanol–water partition coefficient (Wildman–Crippen LogP) is 3.10. The number of aryl methyl sites for hydroxylation is 1. The van der Waals surface area contributed by atoms with Crippen molar-refractivity contribution in [3.63, 3.8) is 0 Å². The highest BCUT2D eigenvalue weighted by Gasteiger charge is 2.34. The predicted molar refractivity (Wildman–Crippen MR) is 70.7 cm³/mol. The third kappa shape index (κ3) is 2.19. The second kappa shape index (κ2) is 5.07. The molecule has 2 heterocycles. The zero-order valence-corrected chi connectivity index (χ0v) is 11.2. The molecule has 0 spiro atoms. The van der Waals surface area contributed by atoms with Crippen LogP contribution in [-0.4, -0.2) is 22.3 Å². The van der Waals surface area contributed by atoms with Crippen LogP contribution in [0.1, 0.15) is 40.8 Å². The summed E-state index contributed by atoms with van der Waals surface area (Å²) in [4.78, 5) is 18.4. The van der Waals surface area contributed by atoms with E-state index in [0.717, 1.165) is 18.5 Å². The lowest BCUT2D eigenvalue weighted by Gasteiger charge is -2.22. The topological polar surface area (TPSA) is 46.3 Å². The average molecular weight is 274 g/mol. The summed E-state index contributed by atoms with van der Waals surface area (Å²) in [6.45, 7) is 2.43. The first kappa shape index (κ1) is 12.8. The largest absolute Gasteiger partial charge is 0.446 e.